The van der Waals surface area contributed by atoms with E-state index >= 15 is 0 Å². The first-order chi connectivity index (χ1) is 11.1. The van der Waals surface area contributed by atoms with Gasteiger partial charge in [0.05, 0.1) is 29.5 Å². The van der Waals surface area contributed by atoms with Gasteiger partial charge in [-0.1, -0.05) is 0 Å². The summed E-state index contributed by atoms with van der Waals surface area (Å²) in [4.78, 5) is 32.7. The van der Waals surface area contributed by atoms with Gasteiger partial charge in [0.25, 0.3) is 5.91 Å². The number of pyridine rings is 1. The van der Waals surface area contributed by atoms with Crippen molar-refractivity contribution in [3.8, 4) is 0 Å². The van der Waals surface area contributed by atoms with Crippen molar-refractivity contribution in [2.45, 2.75) is 24.9 Å². The van der Waals surface area contributed by atoms with Gasteiger partial charge in [-0.05, 0) is 18.6 Å². The quantitative estimate of drug-likeness (QED) is 0.824. The highest BCUT2D eigenvalue weighted by molar-refractivity contribution is 6.00. The summed E-state index contributed by atoms with van der Waals surface area (Å²) in [5.74, 6) is 0.00289. The van der Waals surface area contributed by atoms with E-state index in [0.29, 0.717) is 18.5 Å². The molecule has 2 saturated heterocycles. The van der Waals surface area contributed by atoms with Crippen LogP contribution in [-0.2, 0) is 11.8 Å². The minimum absolute atomic E-state index is 0.0346. The third kappa shape index (κ3) is 2.19. The van der Waals surface area contributed by atoms with Crippen LogP contribution in [0.3, 0.4) is 0 Å². The summed E-state index contributed by atoms with van der Waals surface area (Å²) in [7, 11) is 1.83. The molecular formula is C16H17N5O2. The average molecular weight is 311 g/mol. The number of aryl methyl sites for hydroxylation is 1. The summed E-state index contributed by atoms with van der Waals surface area (Å²) >= 11 is 0. The van der Waals surface area contributed by atoms with Crippen molar-refractivity contribution in [1.82, 2.24) is 19.7 Å². The monoisotopic (exact) mass is 311 g/mol. The van der Waals surface area contributed by atoms with Crippen LogP contribution in [0.15, 0.2) is 36.9 Å². The third-order valence-corrected chi connectivity index (χ3v) is 4.63. The maximum absolute atomic E-state index is 12.7. The second-order valence-corrected chi connectivity index (χ2v) is 6.00. The van der Waals surface area contributed by atoms with Gasteiger partial charge in [-0.2, -0.15) is 5.10 Å². The lowest BCUT2D eigenvalue weighted by molar-refractivity contribution is -0.117. The predicted molar refractivity (Wildman–Crippen MR) is 82.8 cm³/mol. The van der Waals surface area contributed by atoms with Gasteiger partial charge in [-0.15, -0.1) is 0 Å². The normalized spacial score (nSPS) is 23.4. The molecule has 0 N–H and O–H groups in total. The maximum Gasteiger partial charge on any atom is 0.255 e. The fraction of sp³-hybridized carbons (Fsp3) is 0.375. The average Bonchev–Trinajstić information content (AvgIpc) is 3.22. The first kappa shape index (κ1) is 13.9. The van der Waals surface area contributed by atoms with Crippen molar-refractivity contribution < 1.29 is 9.59 Å². The molecular weight excluding hydrogens is 294 g/mol. The van der Waals surface area contributed by atoms with E-state index in [0.717, 1.165) is 12.1 Å². The lowest BCUT2D eigenvalue weighted by atomic mass is 10.1. The first-order valence-corrected chi connectivity index (χ1v) is 7.67. The smallest absolute Gasteiger partial charge is 0.255 e. The van der Waals surface area contributed by atoms with E-state index in [9.17, 15) is 9.59 Å². The molecule has 4 rings (SSSR count). The number of hydrogen-bond donors (Lipinski definition) is 0. The molecule has 2 fully saturated rings. The summed E-state index contributed by atoms with van der Waals surface area (Å²) in [6, 6.07) is 3.48. The molecule has 0 bridgehead atoms. The van der Waals surface area contributed by atoms with Crippen LogP contribution in [0, 0.1) is 0 Å². The van der Waals surface area contributed by atoms with Crippen LogP contribution in [-0.4, -0.2) is 50.1 Å². The zero-order valence-electron chi connectivity index (χ0n) is 12.8. The number of carbonyl (C=O) groups excluding carboxylic acids is 2. The highest BCUT2D eigenvalue weighted by atomic mass is 16.2. The number of likely N-dealkylation sites (tertiary alicyclic amines) is 1. The number of anilines is 1. The summed E-state index contributed by atoms with van der Waals surface area (Å²) in [6.45, 7) is 0.660. The van der Waals surface area contributed by atoms with E-state index in [1.54, 1.807) is 40.3 Å². The van der Waals surface area contributed by atoms with Gasteiger partial charge in [0.2, 0.25) is 5.91 Å². The summed E-state index contributed by atoms with van der Waals surface area (Å²) in [6.07, 6.45) is 7.92. The van der Waals surface area contributed by atoms with Crippen LogP contribution in [0.5, 0.6) is 0 Å². The molecule has 118 valence electrons. The topological polar surface area (TPSA) is 71.3 Å². The molecule has 0 spiro atoms. The fourth-order valence-corrected chi connectivity index (χ4v) is 3.62. The van der Waals surface area contributed by atoms with Gasteiger partial charge >= 0.3 is 0 Å². The van der Waals surface area contributed by atoms with Gasteiger partial charge in [0, 0.05) is 38.6 Å². The number of amides is 2. The highest BCUT2D eigenvalue weighted by Gasteiger charge is 2.49. The Morgan fingerprint density at radius 3 is 2.87 bits per heavy atom. The zero-order valence-corrected chi connectivity index (χ0v) is 12.8. The molecule has 2 aromatic heterocycles. The van der Waals surface area contributed by atoms with E-state index in [1.807, 2.05) is 18.1 Å². The molecule has 2 amide bonds. The second-order valence-electron chi connectivity index (χ2n) is 6.00. The molecule has 0 radical (unpaired) electrons. The van der Waals surface area contributed by atoms with Crippen LogP contribution in [0.4, 0.5) is 5.69 Å². The molecule has 23 heavy (non-hydrogen) atoms. The van der Waals surface area contributed by atoms with Crippen molar-refractivity contribution in [1.29, 1.82) is 0 Å². The zero-order chi connectivity index (χ0) is 16.0. The van der Waals surface area contributed by atoms with E-state index in [4.69, 9.17) is 0 Å². The molecule has 7 heteroatoms. The minimum Gasteiger partial charge on any atom is -0.333 e. The van der Waals surface area contributed by atoms with Crippen molar-refractivity contribution in [2.24, 2.45) is 7.05 Å². The van der Waals surface area contributed by atoms with Crippen LogP contribution in [0.1, 0.15) is 23.2 Å². The fourth-order valence-electron chi connectivity index (χ4n) is 3.62. The van der Waals surface area contributed by atoms with Gasteiger partial charge in [-0.3, -0.25) is 19.3 Å². The summed E-state index contributed by atoms with van der Waals surface area (Å²) in [5.41, 5.74) is 1.38. The molecule has 2 atom stereocenters. The standard InChI is InChI=1S/C16H17N5O2/c1-19-10-12(9-18-19)21-13-4-6-20(14(13)7-15(21)22)16(23)11-3-2-5-17-8-11/h2-3,5,8-10,13-14H,4,6-7H2,1H3/t13-,14+/m1/s1. The second kappa shape index (κ2) is 5.19. The molecule has 0 aliphatic carbocycles. The number of carbonyl (C=O) groups is 2. The molecule has 2 aromatic rings. The molecule has 0 aromatic carbocycles. The number of rotatable bonds is 2. The third-order valence-electron chi connectivity index (χ3n) is 4.63. The van der Waals surface area contributed by atoms with Crippen LogP contribution < -0.4 is 4.90 Å². The molecule has 4 heterocycles. The molecule has 2 aliphatic rings. The predicted octanol–water partition coefficient (Wildman–Crippen LogP) is 0.835. The Bertz CT molecular complexity index is 757. The largest absolute Gasteiger partial charge is 0.333 e. The van der Waals surface area contributed by atoms with Gasteiger partial charge in [0.15, 0.2) is 0 Å². The Morgan fingerprint density at radius 2 is 2.17 bits per heavy atom. The summed E-state index contributed by atoms with van der Waals surface area (Å²) in [5, 5.41) is 4.15. The minimum atomic E-state index is -0.0737. The van der Waals surface area contributed by atoms with Crippen LogP contribution >= 0.6 is 0 Å². The summed E-state index contributed by atoms with van der Waals surface area (Å²) < 4.78 is 1.68. The van der Waals surface area contributed by atoms with Crippen molar-refractivity contribution >= 4 is 17.5 Å². The number of hydrogen-bond acceptors (Lipinski definition) is 4. The van der Waals surface area contributed by atoms with E-state index in [2.05, 4.69) is 10.1 Å². The van der Waals surface area contributed by atoms with Crippen molar-refractivity contribution in [2.75, 3.05) is 11.4 Å². The van der Waals surface area contributed by atoms with E-state index in [-0.39, 0.29) is 23.9 Å². The van der Waals surface area contributed by atoms with E-state index in [1.165, 1.54) is 0 Å². The van der Waals surface area contributed by atoms with Crippen LogP contribution in [0.25, 0.3) is 0 Å². The van der Waals surface area contributed by atoms with E-state index < -0.39 is 0 Å². The van der Waals surface area contributed by atoms with Gasteiger partial charge < -0.3 is 9.80 Å². The highest BCUT2D eigenvalue weighted by Crippen LogP contribution is 2.36. The SMILES string of the molecule is Cn1cc(N2C(=O)C[C@H]3[C@H]2CCN3C(=O)c2cccnc2)cn1. The lowest BCUT2D eigenvalue weighted by Gasteiger charge is -2.24. The van der Waals surface area contributed by atoms with Crippen molar-refractivity contribution in [3.63, 3.8) is 0 Å². The Kier molecular flexibility index (Phi) is 3.14. The Hall–Kier alpha value is -2.70. The molecule has 0 unspecified atom stereocenters. The van der Waals surface area contributed by atoms with Crippen molar-refractivity contribution in [3.05, 3.63) is 42.5 Å². The lowest BCUT2D eigenvalue weighted by Crippen LogP contribution is -2.40. The van der Waals surface area contributed by atoms with Crippen LogP contribution in [0.2, 0.25) is 0 Å². The van der Waals surface area contributed by atoms with Gasteiger partial charge in [0.1, 0.15) is 0 Å². The number of nitrogens with zero attached hydrogens (tertiary/aromatic N) is 5. The first-order valence-electron chi connectivity index (χ1n) is 7.67. The number of fused-ring (bicyclic) bond motifs is 1. The maximum atomic E-state index is 12.7. The molecule has 0 saturated carbocycles. The Morgan fingerprint density at radius 1 is 1.30 bits per heavy atom. The Balaban J connectivity index is 1.60. The molecule has 7 nitrogen and oxygen atoms in total. The van der Waals surface area contributed by atoms with Gasteiger partial charge in [-0.25, -0.2) is 0 Å². The Labute approximate surface area is 133 Å². The number of aromatic nitrogens is 3. The molecule has 2 aliphatic heterocycles.